The van der Waals surface area contributed by atoms with E-state index in [1.807, 2.05) is 23.9 Å². The van der Waals surface area contributed by atoms with Gasteiger partial charge in [0.2, 0.25) is 0 Å². The number of carbonyl (C=O) groups excluding carboxylic acids is 1. The van der Waals surface area contributed by atoms with Crippen molar-refractivity contribution in [3.05, 3.63) is 64.0 Å². The van der Waals surface area contributed by atoms with Gasteiger partial charge in [-0.05, 0) is 55.0 Å². The number of benzene rings is 2. The summed E-state index contributed by atoms with van der Waals surface area (Å²) in [7, 11) is 0. The maximum absolute atomic E-state index is 12.7. The van der Waals surface area contributed by atoms with Gasteiger partial charge in [0.05, 0.1) is 5.69 Å². The predicted octanol–water partition coefficient (Wildman–Crippen LogP) is 5.55. The van der Waals surface area contributed by atoms with Gasteiger partial charge in [-0.25, -0.2) is 4.98 Å². The second kappa shape index (κ2) is 6.56. The number of thioether (sulfide) groups is 1. The number of rotatable bonds is 2. The third kappa shape index (κ3) is 2.85. The molecule has 0 atom stereocenters. The van der Waals surface area contributed by atoms with Gasteiger partial charge in [0, 0.05) is 26.7 Å². The Hall–Kier alpha value is -2.11. The Morgan fingerprint density at radius 3 is 2.81 bits per heavy atom. The van der Waals surface area contributed by atoms with Crippen LogP contribution >= 0.6 is 23.1 Å². The fourth-order valence-electron chi connectivity index (χ4n) is 3.69. The quantitative estimate of drug-likeness (QED) is 0.636. The highest BCUT2D eigenvalue weighted by Gasteiger charge is 2.22. The number of hydrogen-bond acceptors (Lipinski definition) is 4. The largest absolute Gasteiger partial charge is 0.298 e. The Labute approximate surface area is 160 Å². The topological polar surface area (TPSA) is 42.0 Å². The van der Waals surface area contributed by atoms with Crippen LogP contribution in [-0.4, -0.2) is 10.9 Å². The molecule has 1 aromatic heterocycles. The number of anilines is 1. The van der Waals surface area contributed by atoms with E-state index in [1.165, 1.54) is 39.3 Å². The van der Waals surface area contributed by atoms with Crippen LogP contribution in [0.25, 0.3) is 11.3 Å². The van der Waals surface area contributed by atoms with Crippen molar-refractivity contribution < 1.29 is 4.79 Å². The average Bonchev–Trinajstić information content (AvgIpc) is 3.10. The zero-order valence-corrected chi connectivity index (χ0v) is 15.9. The normalized spacial score (nSPS) is 14.9. The number of aromatic nitrogens is 1. The van der Waals surface area contributed by atoms with Crippen LogP contribution in [0, 0.1) is 0 Å². The first-order valence-electron chi connectivity index (χ1n) is 8.93. The molecule has 1 aliphatic heterocycles. The molecule has 0 spiro atoms. The van der Waals surface area contributed by atoms with Gasteiger partial charge in [-0.2, -0.15) is 0 Å². The van der Waals surface area contributed by atoms with Crippen LogP contribution < -0.4 is 5.32 Å². The van der Waals surface area contributed by atoms with Gasteiger partial charge < -0.3 is 0 Å². The number of thiazole rings is 1. The monoisotopic (exact) mass is 378 g/mol. The second-order valence-corrected chi connectivity index (χ2v) is 8.82. The van der Waals surface area contributed by atoms with Crippen LogP contribution in [0.2, 0.25) is 0 Å². The van der Waals surface area contributed by atoms with Crippen LogP contribution in [0.1, 0.15) is 39.2 Å². The summed E-state index contributed by atoms with van der Waals surface area (Å²) < 4.78 is 0. The van der Waals surface area contributed by atoms with Crippen LogP contribution in [0.4, 0.5) is 5.13 Å². The molecule has 2 aliphatic rings. The molecule has 0 fully saturated rings. The molecule has 1 amide bonds. The van der Waals surface area contributed by atoms with E-state index in [2.05, 4.69) is 35.6 Å². The number of hydrogen-bond donors (Lipinski definition) is 1. The lowest BCUT2D eigenvalue weighted by Gasteiger charge is -2.16. The molecule has 0 saturated heterocycles. The molecule has 3 aromatic rings. The van der Waals surface area contributed by atoms with Crippen molar-refractivity contribution in [2.24, 2.45) is 0 Å². The van der Waals surface area contributed by atoms with E-state index >= 15 is 0 Å². The lowest BCUT2D eigenvalue weighted by molar-refractivity contribution is 0.102. The van der Waals surface area contributed by atoms with Gasteiger partial charge in [-0.1, -0.05) is 24.3 Å². The van der Waals surface area contributed by atoms with Crippen molar-refractivity contribution in [1.82, 2.24) is 4.98 Å². The molecule has 2 heterocycles. The van der Waals surface area contributed by atoms with E-state index in [-0.39, 0.29) is 5.91 Å². The number of nitrogens with zero attached hydrogens (tertiary/aromatic N) is 1. The van der Waals surface area contributed by atoms with Crippen molar-refractivity contribution in [3.8, 4) is 11.3 Å². The first-order valence-corrected chi connectivity index (χ1v) is 10.7. The summed E-state index contributed by atoms with van der Waals surface area (Å²) in [6, 6.07) is 14.5. The highest BCUT2D eigenvalue weighted by molar-refractivity contribution is 7.98. The van der Waals surface area contributed by atoms with Gasteiger partial charge in [0.15, 0.2) is 5.13 Å². The molecule has 1 aliphatic carbocycles. The molecule has 1 N–H and O–H groups in total. The molecular formula is C21H18N2OS2. The van der Waals surface area contributed by atoms with Gasteiger partial charge in [0.25, 0.3) is 5.91 Å². The van der Waals surface area contributed by atoms with E-state index in [1.54, 1.807) is 11.3 Å². The Kier molecular flexibility index (Phi) is 4.06. The number of nitrogens with one attached hydrogen (secondary N) is 1. The third-order valence-corrected chi connectivity index (χ3v) is 7.28. The minimum atomic E-state index is -0.0644. The zero-order valence-electron chi connectivity index (χ0n) is 14.2. The summed E-state index contributed by atoms with van der Waals surface area (Å²) in [5.41, 5.74) is 5.64. The summed E-state index contributed by atoms with van der Waals surface area (Å²) in [5.74, 6) is 0.851. The van der Waals surface area contributed by atoms with Gasteiger partial charge in [-0.3, -0.25) is 10.1 Å². The number of amides is 1. The Morgan fingerprint density at radius 1 is 1.04 bits per heavy atom. The zero-order chi connectivity index (χ0) is 17.5. The molecule has 2 aromatic carbocycles. The molecule has 3 nitrogen and oxygen atoms in total. The van der Waals surface area contributed by atoms with E-state index < -0.39 is 0 Å². The first-order chi connectivity index (χ1) is 12.8. The molecule has 5 heteroatoms. The third-order valence-electron chi connectivity index (χ3n) is 5.03. The molecule has 0 radical (unpaired) electrons. The number of aryl methyl sites for hydroxylation is 2. The molecule has 26 heavy (non-hydrogen) atoms. The van der Waals surface area contributed by atoms with Crippen molar-refractivity contribution in [3.63, 3.8) is 0 Å². The SMILES string of the molecule is O=C(Nc1nc2c(s1)CSc1ccccc1-2)c1ccc2c(c1)CCCC2. The molecular weight excluding hydrogens is 360 g/mol. The first kappa shape index (κ1) is 16.1. The number of carbonyl (C=O) groups is 1. The number of fused-ring (bicyclic) bond motifs is 4. The summed E-state index contributed by atoms with van der Waals surface area (Å²) in [5, 5.41) is 3.70. The minimum Gasteiger partial charge on any atom is -0.298 e. The van der Waals surface area contributed by atoms with E-state index in [0.717, 1.165) is 29.9 Å². The Morgan fingerprint density at radius 2 is 1.88 bits per heavy atom. The summed E-state index contributed by atoms with van der Waals surface area (Å²) in [6.07, 6.45) is 4.68. The van der Waals surface area contributed by atoms with Crippen LogP contribution in [0.3, 0.4) is 0 Å². The molecule has 0 unspecified atom stereocenters. The van der Waals surface area contributed by atoms with Crippen LogP contribution in [-0.2, 0) is 18.6 Å². The van der Waals surface area contributed by atoms with E-state index in [9.17, 15) is 4.79 Å². The lowest BCUT2D eigenvalue weighted by atomic mass is 9.90. The highest BCUT2D eigenvalue weighted by atomic mass is 32.2. The Bertz CT molecular complexity index is 1010. The lowest BCUT2D eigenvalue weighted by Crippen LogP contribution is -2.13. The molecule has 130 valence electrons. The van der Waals surface area contributed by atoms with Gasteiger partial charge in [0.1, 0.15) is 0 Å². The molecule has 5 rings (SSSR count). The average molecular weight is 379 g/mol. The van der Waals surface area contributed by atoms with Crippen molar-refractivity contribution in [1.29, 1.82) is 0 Å². The Balaban J connectivity index is 1.41. The van der Waals surface area contributed by atoms with Crippen LogP contribution in [0.5, 0.6) is 0 Å². The maximum atomic E-state index is 12.7. The molecule has 0 saturated carbocycles. The van der Waals surface area contributed by atoms with E-state index in [4.69, 9.17) is 4.98 Å². The van der Waals surface area contributed by atoms with Crippen molar-refractivity contribution >= 4 is 34.1 Å². The van der Waals surface area contributed by atoms with Crippen molar-refractivity contribution in [2.75, 3.05) is 5.32 Å². The predicted molar refractivity (Wildman–Crippen MR) is 108 cm³/mol. The smallest absolute Gasteiger partial charge is 0.257 e. The summed E-state index contributed by atoms with van der Waals surface area (Å²) >= 11 is 3.42. The summed E-state index contributed by atoms with van der Waals surface area (Å²) in [6.45, 7) is 0. The van der Waals surface area contributed by atoms with E-state index in [0.29, 0.717) is 5.13 Å². The standard InChI is InChI=1S/C21H18N2OS2/c24-20(15-10-9-13-5-1-2-6-14(13)11-15)23-21-22-19-16-7-3-4-8-17(16)25-12-18(19)26-21/h3-4,7-11H,1-2,5-6,12H2,(H,22,23,24). The second-order valence-electron chi connectivity index (χ2n) is 6.72. The fourth-order valence-corrected chi connectivity index (χ4v) is 5.79. The van der Waals surface area contributed by atoms with Gasteiger partial charge in [-0.15, -0.1) is 23.1 Å². The van der Waals surface area contributed by atoms with Crippen molar-refractivity contribution in [2.45, 2.75) is 36.3 Å². The highest BCUT2D eigenvalue weighted by Crippen LogP contribution is 2.44. The molecule has 0 bridgehead atoms. The maximum Gasteiger partial charge on any atom is 0.257 e. The fraction of sp³-hybridized carbons (Fsp3) is 0.238. The van der Waals surface area contributed by atoms with Gasteiger partial charge >= 0.3 is 0 Å². The minimum absolute atomic E-state index is 0.0644. The summed E-state index contributed by atoms with van der Waals surface area (Å²) in [4.78, 5) is 19.9. The van der Waals surface area contributed by atoms with Crippen LogP contribution in [0.15, 0.2) is 47.4 Å².